The third kappa shape index (κ3) is 3.64. The second-order valence-electron chi connectivity index (χ2n) is 3.90. The van der Waals surface area contributed by atoms with Crippen LogP contribution in [0.2, 0.25) is 0 Å². The Hall–Kier alpha value is -2.68. The maximum Gasteiger partial charge on any atom is 0.182 e. The summed E-state index contributed by atoms with van der Waals surface area (Å²) in [4.78, 5) is 8.26. The summed E-state index contributed by atoms with van der Waals surface area (Å²) in [6.07, 6.45) is 1.81. The van der Waals surface area contributed by atoms with Gasteiger partial charge in [0.1, 0.15) is 23.3 Å². The molecule has 2 aromatic rings. The van der Waals surface area contributed by atoms with Gasteiger partial charge in [-0.1, -0.05) is 12.1 Å². The topological polar surface area (TPSA) is 73.6 Å². The van der Waals surface area contributed by atoms with Gasteiger partial charge >= 0.3 is 0 Å². The van der Waals surface area contributed by atoms with Crippen LogP contribution in [0.3, 0.4) is 0 Å². The maximum absolute atomic E-state index is 12.8. The van der Waals surface area contributed by atoms with Crippen molar-refractivity contribution in [3.63, 3.8) is 0 Å². The molecule has 2 rings (SSSR count). The molecule has 96 valence electrons. The summed E-state index contributed by atoms with van der Waals surface area (Å²) in [6.45, 7) is 2.26. The summed E-state index contributed by atoms with van der Waals surface area (Å²) < 4.78 is 12.8. The maximum atomic E-state index is 12.8. The number of benzene rings is 1. The molecule has 0 aliphatic rings. The predicted octanol–water partition coefficient (Wildman–Crippen LogP) is 2.43. The van der Waals surface area contributed by atoms with Crippen molar-refractivity contribution in [1.82, 2.24) is 9.97 Å². The lowest BCUT2D eigenvalue weighted by Crippen LogP contribution is -2.05. The predicted molar refractivity (Wildman–Crippen MR) is 69.7 cm³/mol. The van der Waals surface area contributed by atoms with Crippen LogP contribution in [-0.4, -0.2) is 9.97 Å². The highest BCUT2D eigenvalue weighted by Gasteiger charge is 2.01. The Morgan fingerprint density at radius 2 is 1.89 bits per heavy atom. The van der Waals surface area contributed by atoms with Crippen molar-refractivity contribution in [3.05, 3.63) is 47.5 Å². The molecule has 0 unspecified atom stereocenters. The molecule has 0 saturated heterocycles. The third-order valence-electron chi connectivity index (χ3n) is 2.41. The number of nitriles is 1. The quantitative estimate of drug-likeness (QED) is 0.650. The van der Waals surface area contributed by atoms with E-state index in [9.17, 15) is 4.39 Å². The normalized spacial score (nSPS) is 9.74. The van der Waals surface area contributed by atoms with E-state index in [1.807, 2.05) is 6.19 Å². The molecule has 2 N–H and O–H groups in total. The summed E-state index contributed by atoms with van der Waals surface area (Å²) >= 11 is 0. The average Bonchev–Trinajstić information content (AvgIpc) is 2.38. The van der Waals surface area contributed by atoms with Gasteiger partial charge < -0.3 is 5.32 Å². The van der Waals surface area contributed by atoms with Crippen LogP contribution < -0.4 is 10.6 Å². The minimum atomic E-state index is -0.262. The van der Waals surface area contributed by atoms with E-state index in [-0.39, 0.29) is 5.82 Å². The summed E-state index contributed by atoms with van der Waals surface area (Å²) in [6, 6.07) is 7.85. The van der Waals surface area contributed by atoms with Gasteiger partial charge in [0.15, 0.2) is 6.19 Å². The van der Waals surface area contributed by atoms with Gasteiger partial charge in [0, 0.05) is 12.6 Å². The molecule has 0 amide bonds. The molecule has 0 atom stereocenters. The second-order valence-corrected chi connectivity index (χ2v) is 3.90. The highest BCUT2D eigenvalue weighted by Crippen LogP contribution is 2.12. The summed E-state index contributed by atoms with van der Waals surface area (Å²) in [5, 5.41) is 14.1. The second kappa shape index (κ2) is 5.78. The van der Waals surface area contributed by atoms with Gasteiger partial charge in [0.25, 0.3) is 0 Å². The molecule has 0 fully saturated rings. The van der Waals surface area contributed by atoms with Crippen molar-refractivity contribution in [1.29, 1.82) is 5.26 Å². The van der Waals surface area contributed by atoms with Crippen LogP contribution in [0.15, 0.2) is 30.3 Å². The molecule has 1 aromatic heterocycles. The smallest absolute Gasteiger partial charge is 0.182 e. The number of aryl methyl sites for hydroxylation is 1. The monoisotopic (exact) mass is 257 g/mol. The number of anilines is 2. The van der Waals surface area contributed by atoms with E-state index in [4.69, 9.17) is 5.26 Å². The fourth-order valence-electron chi connectivity index (χ4n) is 1.57. The van der Waals surface area contributed by atoms with E-state index in [0.717, 1.165) is 5.56 Å². The molecule has 0 bridgehead atoms. The Labute approximate surface area is 110 Å². The number of nitrogens with one attached hydrogen (secondary N) is 2. The molecule has 0 saturated carbocycles. The minimum absolute atomic E-state index is 0.262. The van der Waals surface area contributed by atoms with Gasteiger partial charge in [-0.3, -0.25) is 5.32 Å². The van der Waals surface area contributed by atoms with Crippen LogP contribution in [0.5, 0.6) is 0 Å². The van der Waals surface area contributed by atoms with Gasteiger partial charge in [0.2, 0.25) is 0 Å². The van der Waals surface area contributed by atoms with E-state index >= 15 is 0 Å². The van der Waals surface area contributed by atoms with Gasteiger partial charge in [-0.05, 0) is 24.6 Å². The highest BCUT2D eigenvalue weighted by atomic mass is 19.1. The molecule has 0 aliphatic carbocycles. The van der Waals surface area contributed by atoms with Crippen LogP contribution in [0, 0.1) is 24.2 Å². The van der Waals surface area contributed by atoms with E-state index in [1.54, 1.807) is 25.1 Å². The Kier molecular flexibility index (Phi) is 3.88. The van der Waals surface area contributed by atoms with E-state index in [0.29, 0.717) is 24.0 Å². The number of hydrogen-bond acceptors (Lipinski definition) is 5. The standard InChI is InChI=1S/C13H12FN5/c1-9-18-12(6-13(19-9)17-8-15)16-7-10-2-4-11(14)5-3-10/h2-6H,7H2,1H3,(H2,16,17,18,19). The summed E-state index contributed by atoms with van der Waals surface area (Å²) in [7, 11) is 0. The van der Waals surface area contributed by atoms with Crippen LogP contribution >= 0.6 is 0 Å². The number of hydrogen-bond donors (Lipinski definition) is 2. The van der Waals surface area contributed by atoms with Crippen molar-refractivity contribution in [2.45, 2.75) is 13.5 Å². The van der Waals surface area contributed by atoms with Crippen LogP contribution in [0.25, 0.3) is 0 Å². The van der Waals surface area contributed by atoms with E-state index in [2.05, 4.69) is 20.6 Å². The van der Waals surface area contributed by atoms with Crippen molar-refractivity contribution in [2.75, 3.05) is 10.6 Å². The first kappa shape index (κ1) is 12.8. The molecule has 1 heterocycles. The van der Waals surface area contributed by atoms with Crippen molar-refractivity contribution >= 4 is 11.6 Å². The number of halogens is 1. The zero-order valence-corrected chi connectivity index (χ0v) is 10.3. The van der Waals surface area contributed by atoms with E-state index < -0.39 is 0 Å². The molecular weight excluding hydrogens is 245 g/mol. The summed E-state index contributed by atoms with van der Waals surface area (Å²) in [5.74, 6) is 1.34. The Balaban J connectivity index is 2.07. The largest absolute Gasteiger partial charge is 0.366 e. The van der Waals surface area contributed by atoms with Crippen molar-refractivity contribution in [3.8, 4) is 6.19 Å². The number of aromatic nitrogens is 2. The van der Waals surface area contributed by atoms with Crippen LogP contribution in [0.4, 0.5) is 16.0 Å². The Morgan fingerprint density at radius 1 is 1.21 bits per heavy atom. The first-order valence-electron chi connectivity index (χ1n) is 5.66. The first-order valence-corrected chi connectivity index (χ1v) is 5.66. The average molecular weight is 257 g/mol. The van der Waals surface area contributed by atoms with E-state index in [1.165, 1.54) is 12.1 Å². The highest BCUT2D eigenvalue weighted by molar-refractivity contribution is 5.49. The molecular formula is C13H12FN5. The number of nitrogens with zero attached hydrogens (tertiary/aromatic N) is 3. The molecule has 6 heteroatoms. The third-order valence-corrected chi connectivity index (χ3v) is 2.41. The lowest BCUT2D eigenvalue weighted by Gasteiger charge is -2.07. The number of rotatable bonds is 4. The van der Waals surface area contributed by atoms with Crippen LogP contribution in [-0.2, 0) is 6.54 Å². The molecule has 5 nitrogen and oxygen atoms in total. The van der Waals surface area contributed by atoms with Crippen molar-refractivity contribution in [2.24, 2.45) is 0 Å². The first-order chi connectivity index (χ1) is 9.17. The lowest BCUT2D eigenvalue weighted by molar-refractivity contribution is 0.627. The molecule has 19 heavy (non-hydrogen) atoms. The zero-order valence-electron chi connectivity index (χ0n) is 10.3. The van der Waals surface area contributed by atoms with Crippen molar-refractivity contribution < 1.29 is 4.39 Å². The minimum Gasteiger partial charge on any atom is -0.366 e. The molecule has 1 aromatic carbocycles. The molecule has 0 spiro atoms. The zero-order chi connectivity index (χ0) is 13.7. The summed E-state index contributed by atoms with van der Waals surface area (Å²) in [5.41, 5.74) is 0.937. The Bertz CT molecular complexity index is 603. The fraction of sp³-hybridized carbons (Fsp3) is 0.154. The van der Waals surface area contributed by atoms with Gasteiger partial charge in [-0.2, -0.15) is 5.26 Å². The SMILES string of the molecule is Cc1nc(NC#N)cc(NCc2ccc(F)cc2)n1. The molecule has 0 radical (unpaired) electrons. The van der Waals surface area contributed by atoms with Gasteiger partial charge in [0.05, 0.1) is 0 Å². The fourth-order valence-corrected chi connectivity index (χ4v) is 1.57. The molecule has 0 aliphatic heterocycles. The van der Waals surface area contributed by atoms with Gasteiger partial charge in [-0.25, -0.2) is 14.4 Å². The van der Waals surface area contributed by atoms with Crippen LogP contribution in [0.1, 0.15) is 11.4 Å². The lowest BCUT2D eigenvalue weighted by atomic mass is 10.2. The van der Waals surface area contributed by atoms with Gasteiger partial charge in [-0.15, -0.1) is 0 Å². The Morgan fingerprint density at radius 3 is 2.58 bits per heavy atom.